The number of methoxy groups -OCH3 is 1. The summed E-state index contributed by atoms with van der Waals surface area (Å²) in [5.74, 6) is -6.44. The lowest BCUT2D eigenvalue weighted by Crippen LogP contribution is -2.45. The van der Waals surface area contributed by atoms with E-state index in [1.54, 1.807) is 0 Å². The van der Waals surface area contributed by atoms with Crippen LogP contribution in [-0.2, 0) is 4.74 Å². The van der Waals surface area contributed by atoms with E-state index in [1.807, 2.05) is 0 Å². The molecule has 1 aromatic rings. The Labute approximate surface area is 158 Å². The van der Waals surface area contributed by atoms with Gasteiger partial charge in [0, 0.05) is 18.9 Å². The predicted octanol–water partition coefficient (Wildman–Crippen LogP) is 6.09. The Morgan fingerprint density at radius 2 is 1.89 bits per heavy atom. The molecule has 1 saturated carbocycles. The van der Waals surface area contributed by atoms with Crippen molar-refractivity contribution in [2.75, 3.05) is 13.7 Å². The van der Waals surface area contributed by atoms with Gasteiger partial charge in [0.15, 0.2) is 11.6 Å². The van der Waals surface area contributed by atoms with Crippen LogP contribution in [0.4, 0.5) is 17.6 Å². The Kier molecular flexibility index (Phi) is 6.34. The summed E-state index contributed by atoms with van der Waals surface area (Å²) in [4.78, 5) is 0. The zero-order valence-electron chi connectivity index (χ0n) is 15.9. The maximum Gasteiger partial charge on any atom is 0.253 e. The van der Waals surface area contributed by atoms with Gasteiger partial charge in [-0.2, -0.15) is 4.39 Å². The van der Waals surface area contributed by atoms with E-state index in [2.05, 4.69) is 6.92 Å². The van der Waals surface area contributed by atoms with Crippen LogP contribution in [0.2, 0.25) is 0 Å². The number of hydrogen-bond acceptors (Lipinski definition) is 2. The molecular formula is C21H28F4O2. The van der Waals surface area contributed by atoms with E-state index < -0.39 is 41.9 Å². The summed E-state index contributed by atoms with van der Waals surface area (Å²) in [6, 6.07) is 2.67. The van der Waals surface area contributed by atoms with Crippen LogP contribution in [0.15, 0.2) is 12.1 Å². The quantitative estimate of drug-likeness (QED) is 0.569. The van der Waals surface area contributed by atoms with E-state index in [0.29, 0.717) is 25.4 Å². The molecule has 152 valence electrons. The number of halogens is 4. The van der Waals surface area contributed by atoms with Crippen molar-refractivity contribution in [2.24, 2.45) is 11.8 Å². The highest BCUT2D eigenvalue weighted by molar-refractivity contribution is 5.33. The topological polar surface area (TPSA) is 18.5 Å². The van der Waals surface area contributed by atoms with Crippen LogP contribution >= 0.6 is 0 Å². The second-order valence-electron chi connectivity index (χ2n) is 7.93. The summed E-state index contributed by atoms with van der Waals surface area (Å²) in [6.07, 6.45) is 3.47. The molecule has 1 heterocycles. The van der Waals surface area contributed by atoms with Gasteiger partial charge < -0.3 is 9.47 Å². The zero-order valence-corrected chi connectivity index (χ0v) is 15.9. The molecule has 3 rings (SSSR count). The molecule has 1 aliphatic heterocycles. The Morgan fingerprint density at radius 3 is 2.48 bits per heavy atom. The summed E-state index contributed by atoms with van der Waals surface area (Å²) in [6.45, 7) is 2.66. The van der Waals surface area contributed by atoms with Crippen molar-refractivity contribution in [1.82, 2.24) is 0 Å². The number of ether oxygens (including phenoxy) is 2. The summed E-state index contributed by atoms with van der Waals surface area (Å²) in [5.41, 5.74) is 0.0130. The van der Waals surface area contributed by atoms with Crippen LogP contribution in [0.5, 0.6) is 5.75 Å². The minimum atomic E-state index is -2.95. The lowest BCUT2D eigenvalue weighted by Gasteiger charge is -2.42. The molecule has 4 atom stereocenters. The van der Waals surface area contributed by atoms with Gasteiger partial charge in [0.2, 0.25) is 5.82 Å². The normalized spacial score (nSPS) is 30.9. The molecule has 27 heavy (non-hydrogen) atoms. The molecule has 0 aromatic heterocycles. The monoisotopic (exact) mass is 388 g/mol. The smallest absolute Gasteiger partial charge is 0.253 e. The number of benzene rings is 1. The van der Waals surface area contributed by atoms with Crippen molar-refractivity contribution >= 4 is 0 Å². The number of hydrogen-bond donors (Lipinski definition) is 0. The van der Waals surface area contributed by atoms with Gasteiger partial charge in [-0.1, -0.05) is 19.4 Å². The molecule has 4 unspecified atom stereocenters. The molecule has 0 amide bonds. The molecular weight excluding hydrogens is 360 g/mol. The van der Waals surface area contributed by atoms with Gasteiger partial charge in [-0.25, -0.2) is 13.2 Å². The molecule has 6 heteroatoms. The molecule has 0 N–H and O–H groups in total. The number of rotatable bonds is 5. The minimum absolute atomic E-state index is 0.0130. The fourth-order valence-electron chi connectivity index (χ4n) is 4.70. The third-order valence-electron chi connectivity index (χ3n) is 6.17. The molecule has 2 aliphatic rings. The van der Waals surface area contributed by atoms with E-state index in [1.165, 1.54) is 19.2 Å². The fraction of sp³-hybridized carbons (Fsp3) is 0.714. The van der Waals surface area contributed by atoms with Crippen LogP contribution in [0.3, 0.4) is 0 Å². The van der Waals surface area contributed by atoms with Gasteiger partial charge in [-0.05, 0) is 55.6 Å². The highest BCUT2D eigenvalue weighted by Crippen LogP contribution is 2.49. The third-order valence-corrected chi connectivity index (χ3v) is 6.17. The molecule has 1 aromatic carbocycles. The summed E-state index contributed by atoms with van der Waals surface area (Å²) < 4.78 is 68.6. The molecule has 0 bridgehead atoms. The Morgan fingerprint density at radius 1 is 1.11 bits per heavy atom. The highest BCUT2D eigenvalue weighted by Gasteiger charge is 2.50. The van der Waals surface area contributed by atoms with Gasteiger partial charge >= 0.3 is 0 Å². The third kappa shape index (κ3) is 4.25. The lowest BCUT2D eigenvalue weighted by atomic mass is 9.72. The first-order valence-corrected chi connectivity index (χ1v) is 9.88. The maximum atomic E-state index is 14.9. The van der Waals surface area contributed by atoms with Gasteiger partial charge in [0.1, 0.15) is 0 Å². The average Bonchev–Trinajstić information content (AvgIpc) is 2.64. The van der Waals surface area contributed by atoms with E-state index in [4.69, 9.17) is 9.47 Å². The summed E-state index contributed by atoms with van der Waals surface area (Å²) in [7, 11) is 1.24. The molecule has 1 aliphatic carbocycles. The van der Waals surface area contributed by atoms with Crippen molar-refractivity contribution in [1.29, 1.82) is 0 Å². The first-order chi connectivity index (χ1) is 12.9. The molecule has 1 saturated heterocycles. The summed E-state index contributed by atoms with van der Waals surface area (Å²) in [5, 5.41) is 0. The molecule has 0 spiro atoms. The average molecular weight is 388 g/mol. The van der Waals surface area contributed by atoms with Crippen LogP contribution in [0.1, 0.15) is 63.4 Å². The largest absolute Gasteiger partial charge is 0.494 e. The first kappa shape index (κ1) is 20.4. The van der Waals surface area contributed by atoms with Gasteiger partial charge in [0.05, 0.1) is 13.2 Å². The highest BCUT2D eigenvalue weighted by atomic mass is 19.3. The van der Waals surface area contributed by atoms with E-state index in [9.17, 15) is 17.6 Å². The molecule has 0 radical (unpaired) electrons. The Hall–Kier alpha value is -1.30. The maximum absolute atomic E-state index is 14.9. The van der Waals surface area contributed by atoms with Crippen LogP contribution in [-0.4, -0.2) is 25.7 Å². The predicted molar refractivity (Wildman–Crippen MR) is 95.3 cm³/mol. The summed E-state index contributed by atoms with van der Waals surface area (Å²) >= 11 is 0. The van der Waals surface area contributed by atoms with Crippen molar-refractivity contribution in [3.63, 3.8) is 0 Å². The van der Waals surface area contributed by atoms with E-state index in [-0.39, 0.29) is 17.7 Å². The molecule has 2 nitrogen and oxygen atoms in total. The van der Waals surface area contributed by atoms with Crippen molar-refractivity contribution in [3.05, 3.63) is 29.3 Å². The minimum Gasteiger partial charge on any atom is -0.494 e. The van der Waals surface area contributed by atoms with Crippen LogP contribution in [0.25, 0.3) is 0 Å². The number of alkyl halides is 2. The van der Waals surface area contributed by atoms with E-state index in [0.717, 1.165) is 19.3 Å². The van der Waals surface area contributed by atoms with Crippen molar-refractivity contribution < 1.29 is 27.0 Å². The second kappa shape index (κ2) is 8.38. The standard InChI is InChI=1S/C21H28F4O2/c1-3-4-13-5-9-17(27-12-13)16-8-6-14(11-21(16,24)25)15-7-10-18(26-2)20(23)19(15)22/h7,10,13-14,16-17H,3-6,8-9,11-12H2,1-2H3. The SMILES string of the molecule is CCCC1CCC(C2CCC(c3ccc(OC)c(F)c3F)CC2(F)F)OC1. The Bertz CT molecular complexity index is 641. The Balaban J connectivity index is 1.68. The van der Waals surface area contributed by atoms with Crippen LogP contribution in [0, 0.1) is 23.5 Å². The first-order valence-electron chi connectivity index (χ1n) is 9.88. The lowest BCUT2D eigenvalue weighted by molar-refractivity contribution is -0.162. The fourth-order valence-corrected chi connectivity index (χ4v) is 4.70. The van der Waals surface area contributed by atoms with Gasteiger partial charge in [-0.15, -0.1) is 0 Å². The zero-order chi connectivity index (χ0) is 19.6. The van der Waals surface area contributed by atoms with Crippen LogP contribution < -0.4 is 4.74 Å². The van der Waals surface area contributed by atoms with E-state index >= 15 is 0 Å². The van der Waals surface area contributed by atoms with Crippen molar-refractivity contribution in [3.8, 4) is 5.75 Å². The second-order valence-corrected chi connectivity index (χ2v) is 7.93. The van der Waals surface area contributed by atoms with Gasteiger partial charge in [-0.3, -0.25) is 0 Å². The van der Waals surface area contributed by atoms with Crippen molar-refractivity contribution in [2.45, 2.75) is 69.8 Å². The van der Waals surface area contributed by atoms with Gasteiger partial charge in [0.25, 0.3) is 5.92 Å². The molecule has 2 fully saturated rings.